The number of aldehydes is 2. The van der Waals surface area contributed by atoms with Crippen LogP contribution in [-0.4, -0.2) is 17.1 Å². The molecule has 4 heteroatoms. The lowest BCUT2D eigenvalue weighted by atomic mass is 10.2. The van der Waals surface area contributed by atoms with Crippen molar-refractivity contribution in [3.8, 4) is 0 Å². The molecule has 0 aromatic carbocycles. The van der Waals surface area contributed by atoms with Gasteiger partial charge in [-0.1, -0.05) is 0 Å². The van der Waals surface area contributed by atoms with Gasteiger partial charge >= 0.3 is 0 Å². The van der Waals surface area contributed by atoms with Crippen LogP contribution in [0.3, 0.4) is 0 Å². The number of hydrogen-bond donors (Lipinski definition) is 0. The van der Waals surface area contributed by atoms with Gasteiger partial charge in [-0.15, -0.1) is 11.3 Å². The molecule has 0 unspecified atom stereocenters. The molecule has 2 rings (SSSR count). The molecule has 0 aliphatic carbocycles. The Morgan fingerprint density at radius 3 is 2.64 bits per heavy atom. The highest BCUT2D eigenvalue weighted by molar-refractivity contribution is 7.18. The lowest BCUT2D eigenvalue weighted by Gasteiger charge is -1.94. The third-order valence-electron chi connectivity index (χ3n) is 2.30. The highest BCUT2D eigenvalue weighted by Crippen LogP contribution is 2.30. The zero-order valence-corrected chi connectivity index (χ0v) is 8.72. The number of rotatable bonds is 2. The molecule has 2 aromatic heterocycles. The molecule has 2 heterocycles. The van der Waals surface area contributed by atoms with Gasteiger partial charge in [0.25, 0.3) is 0 Å². The molecule has 0 saturated heterocycles. The third kappa shape index (κ3) is 1.04. The van der Waals surface area contributed by atoms with Crippen LogP contribution in [0.2, 0.25) is 0 Å². The summed E-state index contributed by atoms with van der Waals surface area (Å²) in [5.74, 6) is 0. The van der Waals surface area contributed by atoms with Gasteiger partial charge in [-0.25, -0.2) is 0 Å². The molecule has 0 aliphatic rings. The second kappa shape index (κ2) is 3.06. The van der Waals surface area contributed by atoms with E-state index in [-0.39, 0.29) is 0 Å². The Hall–Kier alpha value is -1.42. The summed E-state index contributed by atoms with van der Waals surface area (Å²) in [4.78, 5) is 23.8. The molecule has 0 N–H and O–H groups in total. The molecular formula is C10H9NO2S. The van der Waals surface area contributed by atoms with Crippen molar-refractivity contribution < 1.29 is 9.59 Å². The molecule has 0 spiro atoms. The van der Waals surface area contributed by atoms with Crippen molar-refractivity contribution in [2.75, 3.05) is 0 Å². The van der Waals surface area contributed by atoms with E-state index in [1.165, 1.54) is 0 Å². The summed E-state index contributed by atoms with van der Waals surface area (Å²) in [5.41, 5.74) is 0.961. The van der Waals surface area contributed by atoms with Crippen LogP contribution in [0, 0.1) is 6.92 Å². The van der Waals surface area contributed by atoms with E-state index in [0.29, 0.717) is 11.3 Å². The van der Waals surface area contributed by atoms with Gasteiger partial charge in [-0.05, 0) is 13.0 Å². The lowest BCUT2D eigenvalue weighted by molar-refractivity contribution is 0.109. The van der Waals surface area contributed by atoms with Crippen molar-refractivity contribution >= 4 is 34.1 Å². The Balaban J connectivity index is 2.94. The number of carbonyl (C=O) groups is 2. The van der Waals surface area contributed by atoms with Crippen LogP contribution in [0.25, 0.3) is 10.2 Å². The van der Waals surface area contributed by atoms with Gasteiger partial charge in [0, 0.05) is 17.3 Å². The summed E-state index contributed by atoms with van der Waals surface area (Å²) in [5, 5.41) is 0.882. The van der Waals surface area contributed by atoms with Crippen molar-refractivity contribution in [2.24, 2.45) is 7.05 Å². The van der Waals surface area contributed by atoms with E-state index >= 15 is 0 Å². The molecule has 0 aliphatic heterocycles. The molecule has 2 aromatic rings. The van der Waals surface area contributed by atoms with Gasteiger partial charge < -0.3 is 4.57 Å². The summed E-state index contributed by atoms with van der Waals surface area (Å²) in [6.07, 6.45) is 1.48. The predicted molar refractivity (Wildman–Crippen MR) is 56.3 cm³/mol. The summed E-state index contributed by atoms with van der Waals surface area (Å²) in [7, 11) is 1.80. The molecule has 0 saturated carbocycles. The smallest absolute Gasteiger partial charge is 0.167 e. The van der Waals surface area contributed by atoms with Crippen LogP contribution in [0.1, 0.15) is 25.7 Å². The lowest BCUT2D eigenvalue weighted by Crippen LogP contribution is -1.96. The largest absolute Gasteiger partial charge is 0.333 e. The first-order chi connectivity index (χ1) is 6.69. The normalized spacial score (nSPS) is 10.7. The quantitative estimate of drug-likeness (QED) is 0.708. The monoisotopic (exact) mass is 207 g/mol. The topological polar surface area (TPSA) is 39.1 Å². The first kappa shape index (κ1) is 9.15. The summed E-state index contributed by atoms with van der Waals surface area (Å²) < 4.78 is 1.77. The number of aromatic nitrogens is 1. The van der Waals surface area contributed by atoms with E-state index in [2.05, 4.69) is 0 Å². The number of aryl methyl sites for hydroxylation is 2. The van der Waals surface area contributed by atoms with Crippen LogP contribution in [0.15, 0.2) is 6.07 Å². The minimum absolute atomic E-state index is 0.459. The van der Waals surface area contributed by atoms with Crippen molar-refractivity contribution in [1.82, 2.24) is 4.57 Å². The fourth-order valence-electron chi connectivity index (χ4n) is 1.64. The zero-order chi connectivity index (χ0) is 10.3. The highest BCUT2D eigenvalue weighted by Gasteiger charge is 2.15. The maximum absolute atomic E-state index is 10.9. The Bertz CT molecular complexity index is 522. The minimum atomic E-state index is 0.459. The predicted octanol–water partition coefficient (Wildman–Crippen LogP) is 2.17. The molecule has 72 valence electrons. The second-order valence-corrected chi connectivity index (χ2v) is 4.40. The number of thiophene rings is 1. The molecule has 0 amide bonds. The average molecular weight is 207 g/mol. The van der Waals surface area contributed by atoms with Gasteiger partial charge in [-0.3, -0.25) is 9.59 Å². The van der Waals surface area contributed by atoms with Crippen LogP contribution < -0.4 is 0 Å². The van der Waals surface area contributed by atoms with E-state index in [9.17, 15) is 9.59 Å². The number of nitrogens with zero attached hydrogens (tertiary/aromatic N) is 1. The maximum atomic E-state index is 10.9. The van der Waals surface area contributed by atoms with Gasteiger partial charge in [0.2, 0.25) is 0 Å². The highest BCUT2D eigenvalue weighted by atomic mass is 32.1. The maximum Gasteiger partial charge on any atom is 0.167 e. The zero-order valence-electron chi connectivity index (χ0n) is 7.90. The standard InChI is InChI=1S/C10H9NO2S/c1-6-3-7-8(4-12)9(5-13)11(2)10(7)14-6/h3-5H,1-2H3. The Kier molecular flexibility index (Phi) is 2.00. The first-order valence-electron chi connectivity index (χ1n) is 4.18. The Morgan fingerprint density at radius 2 is 2.07 bits per heavy atom. The molecule has 0 bridgehead atoms. The Labute approximate surface area is 85.0 Å². The number of hydrogen-bond acceptors (Lipinski definition) is 3. The summed E-state index contributed by atoms with van der Waals surface area (Å²) in [6, 6.07) is 1.94. The van der Waals surface area contributed by atoms with Crippen LogP contribution in [0.4, 0.5) is 0 Å². The van der Waals surface area contributed by atoms with Gasteiger partial charge in [0.1, 0.15) is 4.83 Å². The Morgan fingerprint density at radius 1 is 1.36 bits per heavy atom. The molecule has 3 nitrogen and oxygen atoms in total. The molecular weight excluding hydrogens is 198 g/mol. The summed E-state index contributed by atoms with van der Waals surface area (Å²) in [6.45, 7) is 1.99. The second-order valence-electron chi connectivity index (χ2n) is 3.17. The van der Waals surface area contributed by atoms with Crippen molar-refractivity contribution in [1.29, 1.82) is 0 Å². The van der Waals surface area contributed by atoms with E-state index in [4.69, 9.17) is 0 Å². The average Bonchev–Trinajstić information content (AvgIpc) is 2.63. The van der Waals surface area contributed by atoms with Crippen molar-refractivity contribution in [3.05, 3.63) is 22.2 Å². The van der Waals surface area contributed by atoms with E-state index < -0.39 is 0 Å². The van der Waals surface area contributed by atoms with Gasteiger partial charge in [0.15, 0.2) is 12.6 Å². The molecule has 14 heavy (non-hydrogen) atoms. The van der Waals surface area contributed by atoms with Crippen molar-refractivity contribution in [3.63, 3.8) is 0 Å². The van der Waals surface area contributed by atoms with Crippen LogP contribution >= 0.6 is 11.3 Å². The van der Waals surface area contributed by atoms with Gasteiger partial charge in [0.05, 0.1) is 11.3 Å². The van der Waals surface area contributed by atoms with Crippen molar-refractivity contribution in [2.45, 2.75) is 6.92 Å². The fourth-order valence-corrected chi connectivity index (χ4v) is 2.63. The number of fused-ring (bicyclic) bond motifs is 1. The molecule has 0 atom stereocenters. The fraction of sp³-hybridized carbons (Fsp3) is 0.200. The SMILES string of the molecule is Cc1cc2c(C=O)c(C=O)n(C)c2s1. The third-order valence-corrected chi connectivity index (χ3v) is 3.42. The summed E-state index contributed by atoms with van der Waals surface area (Å²) >= 11 is 1.59. The van der Waals surface area contributed by atoms with E-state index in [1.54, 1.807) is 23.0 Å². The van der Waals surface area contributed by atoms with E-state index in [1.807, 2.05) is 13.0 Å². The van der Waals surface area contributed by atoms with Crippen LogP contribution in [0.5, 0.6) is 0 Å². The van der Waals surface area contributed by atoms with Gasteiger partial charge in [-0.2, -0.15) is 0 Å². The first-order valence-corrected chi connectivity index (χ1v) is 5.00. The molecule has 0 fully saturated rings. The van der Waals surface area contributed by atoms with E-state index in [0.717, 1.165) is 27.7 Å². The minimum Gasteiger partial charge on any atom is -0.333 e. The number of carbonyl (C=O) groups excluding carboxylic acids is 2. The molecule has 0 radical (unpaired) electrons. The van der Waals surface area contributed by atoms with Crippen LogP contribution in [-0.2, 0) is 7.05 Å².